The van der Waals surface area contributed by atoms with Crippen LogP contribution in [0, 0.1) is 0 Å². The summed E-state index contributed by atoms with van der Waals surface area (Å²) in [5, 5.41) is 3.36. The van der Waals surface area contributed by atoms with Gasteiger partial charge in [-0.05, 0) is 31.4 Å². The van der Waals surface area contributed by atoms with Gasteiger partial charge in [-0.25, -0.2) is 0 Å². The largest absolute Gasteiger partial charge is 0.377 e. The minimum Gasteiger partial charge on any atom is -0.377 e. The van der Waals surface area contributed by atoms with Crippen LogP contribution in [0.15, 0.2) is 11.1 Å². The number of hydrogen-bond acceptors (Lipinski definition) is 2. The molecule has 2 heteroatoms. The van der Waals surface area contributed by atoms with Crippen LogP contribution < -0.4 is 5.32 Å². The Morgan fingerprint density at radius 3 is 2.82 bits per heavy atom. The van der Waals surface area contributed by atoms with Crippen molar-refractivity contribution in [3.05, 3.63) is 11.1 Å². The van der Waals surface area contributed by atoms with Gasteiger partial charge in [-0.1, -0.05) is 5.57 Å². The summed E-state index contributed by atoms with van der Waals surface area (Å²) < 4.78 is 5.41. The lowest BCUT2D eigenvalue weighted by atomic mass is 10.0. The summed E-state index contributed by atoms with van der Waals surface area (Å²) in [7, 11) is 0. The minimum absolute atomic E-state index is 0.900. The fraction of sp³-hybridized carbons (Fsp3) is 0.778. The third-order valence-corrected chi connectivity index (χ3v) is 2.49. The maximum absolute atomic E-state index is 5.41. The highest BCUT2D eigenvalue weighted by atomic mass is 16.5. The first-order chi connectivity index (χ1) is 5.47. The van der Waals surface area contributed by atoms with Crippen molar-refractivity contribution in [2.75, 3.05) is 26.3 Å². The van der Waals surface area contributed by atoms with E-state index in [2.05, 4.69) is 5.32 Å². The topological polar surface area (TPSA) is 21.3 Å². The highest BCUT2D eigenvalue weighted by molar-refractivity contribution is 5.20. The van der Waals surface area contributed by atoms with Gasteiger partial charge in [-0.2, -0.15) is 0 Å². The van der Waals surface area contributed by atoms with Gasteiger partial charge in [0.05, 0.1) is 6.61 Å². The predicted octanol–water partition coefficient (Wildman–Crippen LogP) is 1.09. The third kappa shape index (κ3) is 1.63. The summed E-state index contributed by atoms with van der Waals surface area (Å²) in [4.78, 5) is 0. The smallest absolute Gasteiger partial charge is 0.0679 e. The lowest BCUT2D eigenvalue weighted by Gasteiger charge is -2.16. The van der Waals surface area contributed by atoms with Crippen LogP contribution in [-0.4, -0.2) is 26.3 Å². The Morgan fingerprint density at radius 2 is 2.18 bits per heavy atom. The molecule has 0 aromatic heterocycles. The maximum Gasteiger partial charge on any atom is 0.0679 e. The summed E-state index contributed by atoms with van der Waals surface area (Å²) in [5.74, 6) is 0. The monoisotopic (exact) mass is 153 g/mol. The Bertz CT molecular complexity index is 158. The summed E-state index contributed by atoms with van der Waals surface area (Å²) in [6, 6.07) is 0. The van der Waals surface area contributed by atoms with Gasteiger partial charge in [-0.15, -0.1) is 0 Å². The van der Waals surface area contributed by atoms with Crippen LogP contribution in [0.25, 0.3) is 0 Å². The van der Waals surface area contributed by atoms with Crippen molar-refractivity contribution in [1.29, 1.82) is 0 Å². The molecule has 2 fully saturated rings. The van der Waals surface area contributed by atoms with E-state index in [1.807, 2.05) is 0 Å². The van der Waals surface area contributed by atoms with Gasteiger partial charge in [-0.3, -0.25) is 0 Å². The van der Waals surface area contributed by atoms with Crippen LogP contribution in [0.3, 0.4) is 0 Å². The van der Waals surface area contributed by atoms with Crippen molar-refractivity contribution in [1.82, 2.24) is 5.32 Å². The van der Waals surface area contributed by atoms with E-state index >= 15 is 0 Å². The third-order valence-electron chi connectivity index (χ3n) is 2.49. The number of nitrogens with one attached hydrogen (secondary N) is 1. The molecule has 0 aromatic carbocycles. The van der Waals surface area contributed by atoms with E-state index in [1.165, 1.54) is 25.8 Å². The maximum atomic E-state index is 5.41. The van der Waals surface area contributed by atoms with Crippen molar-refractivity contribution in [3.63, 3.8) is 0 Å². The van der Waals surface area contributed by atoms with Crippen molar-refractivity contribution in [2.45, 2.75) is 19.3 Å². The van der Waals surface area contributed by atoms with E-state index in [0.29, 0.717) is 0 Å². The first kappa shape index (κ1) is 7.32. The average Bonchev–Trinajstić information content (AvgIpc) is 2.58. The molecule has 0 atom stereocenters. The van der Waals surface area contributed by atoms with Crippen molar-refractivity contribution in [3.8, 4) is 0 Å². The summed E-state index contributed by atoms with van der Waals surface area (Å²) in [5.41, 5.74) is 3.19. The van der Waals surface area contributed by atoms with Gasteiger partial charge in [0.25, 0.3) is 0 Å². The second-order valence-electron chi connectivity index (χ2n) is 3.29. The predicted molar refractivity (Wildman–Crippen MR) is 44.6 cm³/mol. The van der Waals surface area contributed by atoms with Gasteiger partial charge < -0.3 is 10.1 Å². The van der Waals surface area contributed by atoms with Gasteiger partial charge in [0.15, 0.2) is 0 Å². The molecule has 2 saturated heterocycles. The van der Waals surface area contributed by atoms with E-state index < -0.39 is 0 Å². The van der Waals surface area contributed by atoms with Crippen molar-refractivity contribution in [2.24, 2.45) is 0 Å². The van der Waals surface area contributed by atoms with Crippen LogP contribution in [0.4, 0.5) is 0 Å². The zero-order chi connectivity index (χ0) is 7.52. The molecule has 2 nitrogen and oxygen atoms in total. The molecule has 0 aliphatic carbocycles. The van der Waals surface area contributed by atoms with Gasteiger partial charge in [0, 0.05) is 13.2 Å². The molecule has 0 saturated carbocycles. The Balaban J connectivity index is 2.03. The normalized spacial score (nSPS) is 32.7. The molecule has 0 radical (unpaired) electrons. The molecule has 1 N–H and O–H groups in total. The Kier molecular flexibility index (Phi) is 2.24. The molecular formula is C9H15NO. The van der Waals surface area contributed by atoms with E-state index in [1.54, 1.807) is 11.1 Å². The molecule has 0 amide bonds. The summed E-state index contributed by atoms with van der Waals surface area (Å²) >= 11 is 0. The Hall–Kier alpha value is -0.340. The molecule has 62 valence electrons. The average molecular weight is 153 g/mol. The van der Waals surface area contributed by atoms with Crippen molar-refractivity contribution >= 4 is 0 Å². The number of rotatable bonds is 0. The fourth-order valence-electron chi connectivity index (χ4n) is 1.80. The van der Waals surface area contributed by atoms with Crippen LogP contribution >= 0.6 is 0 Å². The van der Waals surface area contributed by atoms with E-state index in [-0.39, 0.29) is 0 Å². The first-order valence-electron chi connectivity index (χ1n) is 4.45. The molecule has 2 heterocycles. The van der Waals surface area contributed by atoms with Crippen LogP contribution in [0.5, 0.6) is 0 Å². The molecule has 0 aromatic rings. The molecule has 2 rings (SSSR count). The lowest BCUT2D eigenvalue weighted by Crippen LogP contribution is -2.12. The van der Waals surface area contributed by atoms with E-state index in [4.69, 9.17) is 4.74 Å². The minimum atomic E-state index is 0.900. The number of hydrogen-bond donors (Lipinski definition) is 1. The molecule has 2 aliphatic rings. The molecule has 0 bridgehead atoms. The molecule has 2 aliphatic heterocycles. The van der Waals surface area contributed by atoms with Gasteiger partial charge >= 0.3 is 0 Å². The van der Waals surface area contributed by atoms with Crippen LogP contribution in [0.1, 0.15) is 19.3 Å². The first-order valence-corrected chi connectivity index (χ1v) is 4.45. The van der Waals surface area contributed by atoms with Crippen LogP contribution in [0.2, 0.25) is 0 Å². The standard InChI is InChI=1S/C9H15NO/c1-2-9(7-11-5-1)8-3-4-10-6-8/h10H,1-7H2. The van der Waals surface area contributed by atoms with E-state index in [9.17, 15) is 0 Å². The lowest BCUT2D eigenvalue weighted by molar-refractivity contribution is 0.129. The fourth-order valence-corrected chi connectivity index (χ4v) is 1.80. The summed E-state index contributed by atoms with van der Waals surface area (Å²) in [6.45, 7) is 4.14. The van der Waals surface area contributed by atoms with E-state index in [0.717, 1.165) is 19.8 Å². The van der Waals surface area contributed by atoms with Gasteiger partial charge in [0.1, 0.15) is 0 Å². The number of ether oxygens (including phenoxy) is 1. The zero-order valence-electron chi connectivity index (χ0n) is 6.86. The van der Waals surface area contributed by atoms with Gasteiger partial charge in [0.2, 0.25) is 0 Å². The molecule has 11 heavy (non-hydrogen) atoms. The zero-order valence-corrected chi connectivity index (χ0v) is 6.86. The van der Waals surface area contributed by atoms with Crippen molar-refractivity contribution < 1.29 is 4.74 Å². The molecular weight excluding hydrogens is 138 g/mol. The highest BCUT2D eigenvalue weighted by Gasteiger charge is 2.14. The Labute approximate surface area is 67.6 Å². The molecule has 0 unspecified atom stereocenters. The summed E-state index contributed by atoms with van der Waals surface area (Å²) in [6.07, 6.45) is 3.74. The second-order valence-corrected chi connectivity index (χ2v) is 3.29. The SMILES string of the molecule is C1COCC(=C2CCNC2)C1. The van der Waals surface area contributed by atoms with Crippen LogP contribution in [-0.2, 0) is 4.74 Å². The second kappa shape index (κ2) is 3.37. The quantitative estimate of drug-likeness (QED) is 0.526. The molecule has 0 spiro atoms. The highest BCUT2D eigenvalue weighted by Crippen LogP contribution is 2.20. The Morgan fingerprint density at radius 1 is 1.18 bits per heavy atom.